The molecule has 0 bridgehead atoms. The number of alkyl halides is 1. The number of anilines is 1. The summed E-state index contributed by atoms with van der Waals surface area (Å²) in [5.74, 6) is -0.338. The first kappa shape index (κ1) is 13.3. The van der Waals surface area contributed by atoms with Crippen molar-refractivity contribution in [2.24, 2.45) is 0 Å². The van der Waals surface area contributed by atoms with Gasteiger partial charge in [0, 0.05) is 17.3 Å². The van der Waals surface area contributed by atoms with Gasteiger partial charge in [0.1, 0.15) is 5.88 Å². The standard InChI is InChI=1S/C13H12ClN3O2/c1-8-6-11(18)16-17-13(8)9-2-4-10(5-3-9)15-12(19)7-14/h2-6H,7H2,1H3,(H,15,19)(H,16,18). The molecule has 0 aliphatic heterocycles. The van der Waals surface area contributed by atoms with Crippen LogP contribution in [-0.4, -0.2) is 22.0 Å². The molecular formula is C13H12ClN3O2. The summed E-state index contributed by atoms with van der Waals surface area (Å²) in [6.07, 6.45) is 0. The lowest BCUT2D eigenvalue weighted by Gasteiger charge is -2.06. The molecule has 1 amide bonds. The van der Waals surface area contributed by atoms with Gasteiger partial charge in [0.2, 0.25) is 5.91 Å². The van der Waals surface area contributed by atoms with E-state index in [1.807, 2.05) is 19.1 Å². The molecule has 1 aromatic carbocycles. The van der Waals surface area contributed by atoms with Crippen LogP contribution >= 0.6 is 11.6 Å². The highest BCUT2D eigenvalue weighted by Crippen LogP contribution is 2.21. The molecule has 98 valence electrons. The van der Waals surface area contributed by atoms with Crippen LogP contribution in [0.15, 0.2) is 35.1 Å². The predicted molar refractivity (Wildman–Crippen MR) is 74.4 cm³/mol. The number of rotatable bonds is 3. The summed E-state index contributed by atoms with van der Waals surface area (Å²) in [7, 11) is 0. The van der Waals surface area contributed by atoms with Crippen molar-refractivity contribution < 1.29 is 4.79 Å². The summed E-state index contributed by atoms with van der Waals surface area (Å²) < 4.78 is 0. The first-order chi connectivity index (χ1) is 9.10. The summed E-state index contributed by atoms with van der Waals surface area (Å²) in [5.41, 5.74) is 2.79. The van der Waals surface area contributed by atoms with Gasteiger partial charge in [-0.05, 0) is 24.6 Å². The Morgan fingerprint density at radius 3 is 2.63 bits per heavy atom. The maximum Gasteiger partial charge on any atom is 0.264 e. The normalized spacial score (nSPS) is 10.2. The van der Waals surface area contributed by atoms with Gasteiger partial charge in [-0.15, -0.1) is 11.6 Å². The lowest BCUT2D eigenvalue weighted by atomic mass is 10.1. The van der Waals surface area contributed by atoms with Gasteiger partial charge in [-0.2, -0.15) is 5.10 Å². The molecule has 0 saturated carbocycles. The van der Waals surface area contributed by atoms with E-state index in [1.165, 1.54) is 6.07 Å². The number of nitrogens with zero attached hydrogens (tertiary/aromatic N) is 1. The topological polar surface area (TPSA) is 74.8 Å². The number of benzene rings is 1. The van der Waals surface area contributed by atoms with Crippen LogP contribution in [0, 0.1) is 6.92 Å². The lowest BCUT2D eigenvalue weighted by Crippen LogP contribution is -2.12. The van der Waals surface area contributed by atoms with Crippen LogP contribution in [0.3, 0.4) is 0 Å². The number of carbonyl (C=O) groups is 1. The van der Waals surface area contributed by atoms with E-state index in [1.54, 1.807) is 12.1 Å². The number of amides is 1. The van der Waals surface area contributed by atoms with E-state index in [-0.39, 0.29) is 17.3 Å². The summed E-state index contributed by atoms with van der Waals surface area (Å²) >= 11 is 5.41. The molecular weight excluding hydrogens is 266 g/mol. The zero-order valence-corrected chi connectivity index (χ0v) is 11.0. The highest BCUT2D eigenvalue weighted by atomic mass is 35.5. The van der Waals surface area contributed by atoms with Crippen LogP contribution in [-0.2, 0) is 4.79 Å². The number of H-pyrrole nitrogens is 1. The third-order valence-corrected chi connectivity index (χ3v) is 2.81. The fourth-order valence-corrected chi connectivity index (χ4v) is 1.76. The van der Waals surface area contributed by atoms with Crippen molar-refractivity contribution in [3.05, 3.63) is 46.2 Å². The van der Waals surface area contributed by atoms with Crippen LogP contribution < -0.4 is 10.9 Å². The summed E-state index contributed by atoms with van der Waals surface area (Å²) in [6, 6.07) is 8.64. The molecule has 2 N–H and O–H groups in total. The fraction of sp³-hybridized carbons (Fsp3) is 0.154. The highest BCUT2D eigenvalue weighted by Gasteiger charge is 2.05. The first-order valence-corrected chi connectivity index (χ1v) is 6.16. The first-order valence-electron chi connectivity index (χ1n) is 5.62. The molecule has 5 nitrogen and oxygen atoms in total. The molecule has 6 heteroatoms. The highest BCUT2D eigenvalue weighted by molar-refractivity contribution is 6.29. The van der Waals surface area contributed by atoms with Gasteiger partial charge in [0.05, 0.1) is 5.69 Å². The van der Waals surface area contributed by atoms with Crippen molar-refractivity contribution in [3.8, 4) is 11.3 Å². The van der Waals surface area contributed by atoms with E-state index < -0.39 is 0 Å². The third kappa shape index (κ3) is 3.20. The van der Waals surface area contributed by atoms with Crippen LogP contribution in [0.25, 0.3) is 11.3 Å². The van der Waals surface area contributed by atoms with Crippen LogP contribution in [0.2, 0.25) is 0 Å². The SMILES string of the molecule is Cc1cc(=O)[nH]nc1-c1ccc(NC(=O)CCl)cc1. The molecule has 1 aromatic heterocycles. The van der Waals surface area contributed by atoms with E-state index in [0.717, 1.165) is 11.1 Å². The van der Waals surface area contributed by atoms with Gasteiger partial charge in [0.25, 0.3) is 5.56 Å². The molecule has 2 aromatic rings. The monoisotopic (exact) mass is 277 g/mol. The molecule has 19 heavy (non-hydrogen) atoms. The van der Waals surface area contributed by atoms with Crippen molar-refractivity contribution in [2.75, 3.05) is 11.2 Å². The third-order valence-electron chi connectivity index (χ3n) is 2.56. The zero-order valence-electron chi connectivity index (χ0n) is 10.2. The molecule has 0 unspecified atom stereocenters. The Balaban J connectivity index is 2.27. The number of aromatic amines is 1. The smallest absolute Gasteiger partial charge is 0.264 e. The molecule has 0 aliphatic carbocycles. The van der Waals surface area contributed by atoms with Crippen LogP contribution in [0.5, 0.6) is 0 Å². The second-order valence-electron chi connectivity index (χ2n) is 4.02. The molecule has 0 radical (unpaired) electrons. The van der Waals surface area contributed by atoms with E-state index in [9.17, 15) is 9.59 Å². The molecule has 0 aliphatic rings. The fourth-order valence-electron chi connectivity index (χ4n) is 1.69. The molecule has 1 heterocycles. The Morgan fingerprint density at radius 1 is 1.37 bits per heavy atom. The van der Waals surface area contributed by atoms with E-state index in [0.29, 0.717) is 11.4 Å². The predicted octanol–water partition coefficient (Wildman–Crippen LogP) is 1.92. The Bertz CT molecular complexity index is 650. The largest absolute Gasteiger partial charge is 0.325 e. The minimum Gasteiger partial charge on any atom is -0.325 e. The van der Waals surface area contributed by atoms with E-state index in [2.05, 4.69) is 15.5 Å². The molecule has 0 fully saturated rings. The average molecular weight is 278 g/mol. The van der Waals surface area contributed by atoms with Crippen LogP contribution in [0.4, 0.5) is 5.69 Å². The minimum absolute atomic E-state index is 0.0810. The van der Waals surface area contributed by atoms with E-state index >= 15 is 0 Å². The summed E-state index contributed by atoms with van der Waals surface area (Å²) in [6.45, 7) is 1.82. The van der Waals surface area contributed by atoms with Crippen molar-refractivity contribution in [3.63, 3.8) is 0 Å². The second kappa shape index (κ2) is 5.67. The van der Waals surface area contributed by atoms with Crippen molar-refractivity contribution >= 4 is 23.2 Å². The maximum absolute atomic E-state index is 11.1. The number of carbonyl (C=O) groups excluding carboxylic acids is 1. The summed E-state index contributed by atoms with van der Waals surface area (Å²) in [5, 5.41) is 9.06. The Kier molecular flexibility index (Phi) is 3.97. The van der Waals surface area contributed by atoms with Gasteiger partial charge in [-0.3, -0.25) is 9.59 Å². The zero-order chi connectivity index (χ0) is 13.8. The number of aromatic nitrogens is 2. The molecule has 0 saturated heterocycles. The van der Waals surface area contributed by atoms with Crippen molar-refractivity contribution in [1.29, 1.82) is 0 Å². The van der Waals surface area contributed by atoms with Gasteiger partial charge in [-0.25, -0.2) is 5.10 Å². The average Bonchev–Trinajstić information content (AvgIpc) is 2.40. The Morgan fingerprint density at radius 2 is 2.05 bits per heavy atom. The van der Waals surface area contributed by atoms with Gasteiger partial charge in [0.15, 0.2) is 0 Å². The number of hydrogen-bond acceptors (Lipinski definition) is 3. The number of halogens is 1. The Hall–Kier alpha value is -2.14. The van der Waals surface area contributed by atoms with E-state index in [4.69, 9.17) is 11.6 Å². The number of nitrogens with one attached hydrogen (secondary N) is 2. The molecule has 0 spiro atoms. The summed E-state index contributed by atoms with van der Waals surface area (Å²) in [4.78, 5) is 22.2. The minimum atomic E-state index is -0.257. The van der Waals surface area contributed by atoms with Crippen LogP contribution in [0.1, 0.15) is 5.56 Å². The quantitative estimate of drug-likeness (QED) is 0.842. The van der Waals surface area contributed by atoms with Gasteiger partial charge < -0.3 is 5.32 Å². The molecule has 0 atom stereocenters. The van der Waals surface area contributed by atoms with Crippen molar-refractivity contribution in [1.82, 2.24) is 10.2 Å². The molecule has 2 rings (SSSR count). The Labute approximate surface area is 114 Å². The van der Waals surface area contributed by atoms with Gasteiger partial charge in [-0.1, -0.05) is 12.1 Å². The lowest BCUT2D eigenvalue weighted by molar-refractivity contribution is -0.113. The maximum atomic E-state index is 11.1. The van der Waals surface area contributed by atoms with Crippen molar-refractivity contribution in [2.45, 2.75) is 6.92 Å². The second-order valence-corrected chi connectivity index (χ2v) is 4.29. The number of hydrogen-bond donors (Lipinski definition) is 2. The number of aryl methyl sites for hydroxylation is 1. The van der Waals surface area contributed by atoms with Gasteiger partial charge >= 0.3 is 0 Å².